The van der Waals surface area contributed by atoms with Crippen molar-refractivity contribution in [3.63, 3.8) is 0 Å². The third-order valence-corrected chi connectivity index (χ3v) is 8.31. The number of hydrogen-bond acceptors (Lipinski definition) is 12. The van der Waals surface area contributed by atoms with Crippen molar-refractivity contribution in [3.8, 4) is 0 Å². The van der Waals surface area contributed by atoms with Crippen LogP contribution >= 0.6 is 0 Å². The minimum atomic E-state index is -1.67. The molecule has 6 N–H and O–H groups in total. The van der Waals surface area contributed by atoms with E-state index in [0.717, 1.165) is 51.4 Å². The molecule has 0 saturated carbocycles. The summed E-state index contributed by atoms with van der Waals surface area (Å²) in [4.78, 5) is 24.5. The summed E-state index contributed by atoms with van der Waals surface area (Å²) >= 11 is 0. The molecule has 2 saturated heterocycles. The highest BCUT2D eigenvalue weighted by molar-refractivity contribution is 5.72. The zero-order valence-electron chi connectivity index (χ0n) is 26.7. The van der Waals surface area contributed by atoms with Crippen LogP contribution in [0.4, 0.5) is 0 Å². The quantitative estimate of drug-likeness (QED) is 0.0839. The van der Waals surface area contributed by atoms with Crippen LogP contribution in [0.25, 0.3) is 0 Å². The van der Waals surface area contributed by atoms with Crippen molar-refractivity contribution in [1.29, 1.82) is 0 Å². The number of unbranched alkanes of at least 4 members (excludes halogenated alkanes) is 7. The summed E-state index contributed by atoms with van der Waals surface area (Å²) in [6, 6.07) is 0. The number of aliphatic hydroxyl groups is 5. The Hall–Kier alpha value is -1.42. The third-order valence-electron chi connectivity index (χ3n) is 8.31. The fourth-order valence-electron chi connectivity index (χ4n) is 5.54. The van der Waals surface area contributed by atoms with Crippen molar-refractivity contribution < 1.29 is 63.9 Å². The molecule has 2 rings (SSSR count). The van der Waals surface area contributed by atoms with Crippen LogP contribution in [0.2, 0.25) is 0 Å². The van der Waals surface area contributed by atoms with Gasteiger partial charge in [0.1, 0.15) is 42.7 Å². The summed E-state index contributed by atoms with van der Waals surface area (Å²) in [6.07, 6.45) is -6.24. The topological polar surface area (TPSA) is 202 Å². The van der Waals surface area contributed by atoms with Crippen LogP contribution in [0.1, 0.15) is 111 Å². The first-order valence-corrected chi connectivity index (χ1v) is 16.3. The SMILES string of the molecule is CCCCCCCC(CC(=O)O)OC(=O)CC(CCCCCC)O[C@@H]1O[C@@H](C)[C@H](O)[C@@H](O)[C@H]1O[C@@H]1O[C@@H](C)[C@H](O)[C@@H](O)[C@H]1O. The number of carbonyl (C=O) groups is 2. The number of ether oxygens (including phenoxy) is 5. The molecule has 2 aliphatic rings. The van der Waals surface area contributed by atoms with E-state index in [1.807, 2.05) is 0 Å². The highest BCUT2D eigenvalue weighted by atomic mass is 16.8. The van der Waals surface area contributed by atoms with Crippen LogP contribution in [-0.2, 0) is 33.3 Å². The van der Waals surface area contributed by atoms with Crippen LogP contribution in [0.5, 0.6) is 0 Å². The molecule has 2 aliphatic heterocycles. The third kappa shape index (κ3) is 12.4. The van der Waals surface area contributed by atoms with E-state index in [1.54, 1.807) is 0 Å². The Morgan fingerprint density at radius 2 is 1.18 bits per heavy atom. The van der Waals surface area contributed by atoms with Gasteiger partial charge in [-0.15, -0.1) is 0 Å². The highest BCUT2D eigenvalue weighted by Gasteiger charge is 2.50. The monoisotopic (exact) mass is 636 g/mol. The molecule has 0 aliphatic carbocycles. The predicted octanol–water partition coefficient (Wildman–Crippen LogP) is 2.16. The lowest BCUT2D eigenvalue weighted by molar-refractivity contribution is -0.366. The molecule has 12 atom stereocenters. The molecule has 44 heavy (non-hydrogen) atoms. The molecule has 13 nitrogen and oxygen atoms in total. The van der Waals surface area contributed by atoms with Gasteiger partial charge < -0.3 is 54.3 Å². The van der Waals surface area contributed by atoms with Crippen LogP contribution in [0.15, 0.2) is 0 Å². The van der Waals surface area contributed by atoms with Crippen molar-refractivity contribution in [2.45, 2.75) is 185 Å². The van der Waals surface area contributed by atoms with Gasteiger partial charge in [0, 0.05) is 0 Å². The number of carboxylic acid groups (broad SMARTS) is 1. The second-order valence-electron chi connectivity index (χ2n) is 12.2. The molecule has 2 fully saturated rings. The maximum Gasteiger partial charge on any atom is 0.308 e. The maximum atomic E-state index is 13.1. The van der Waals surface area contributed by atoms with Gasteiger partial charge in [-0.25, -0.2) is 0 Å². The van der Waals surface area contributed by atoms with E-state index < -0.39 is 85.6 Å². The second kappa shape index (κ2) is 20.0. The van der Waals surface area contributed by atoms with E-state index >= 15 is 0 Å². The summed E-state index contributed by atoms with van der Waals surface area (Å²) in [6.45, 7) is 7.20. The summed E-state index contributed by atoms with van der Waals surface area (Å²) in [5.74, 6) is -1.68. The zero-order valence-corrected chi connectivity index (χ0v) is 26.7. The molecule has 0 aromatic rings. The fourth-order valence-corrected chi connectivity index (χ4v) is 5.54. The average molecular weight is 637 g/mol. The minimum Gasteiger partial charge on any atom is -0.481 e. The number of esters is 1. The van der Waals surface area contributed by atoms with E-state index in [-0.39, 0.29) is 12.8 Å². The molecule has 0 aromatic heterocycles. The number of rotatable bonds is 20. The van der Waals surface area contributed by atoms with Crippen molar-refractivity contribution in [1.82, 2.24) is 0 Å². The molecule has 0 aromatic carbocycles. The largest absolute Gasteiger partial charge is 0.481 e. The van der Waals surface area contributed by atoms with Gasteiger partial charge in [0.2, 0.25) is 0 Å². The molecule has 0 bridgehead atoms. The van der Waals surface area contributed by atoms with E-state index in [4.69, 9.17) is 23.7 Å². The number of carbonyl (C=O) groups excluding carboxylic acids is 1. The molecule has 0 radical (unpaired) electrons. The van der Waals surface area contributed by atoms with Crippen LogP contribution < -0.4 is 0 Å². The zero-order chi connectivity index (χ0) is 32.8. The van der Waals surface area contributed by atoms with E-state index in [1.165, 1.54) is 13.8 Å². The first-order chi connectivity index (χ1) is 20.9. The number of hydrogen-bond donors (Lipinski definition) is 6. The Bertz CT molecular complexity index is 828. The number of carboxylic acids is 1. The molecule has 0 amide bonds. The smallest absolute Gasteiger partial charge is 0.308 e. The summed E-state index contributed by atoms with van der Waals surface area (Å²) in [5, 5.41) is 61.5. The molecule has 258 valence electrons. The molecular weight excluding hydrogens is 580 g/mol. The van der Waals surface area contributed by atoms with Gasteiger partial charge >= 0.3 is 11.9 Å². The van der Waals surface area contributed by atoms with Gasteiger partial charge in [-0.3, -0.25) is 9.59 Å². The van der Waals surface area contributed by atoms with Gasteiger partial charge in [0.15, 0.2) is 12.6 Å². The van der Waals surface area contributed by atoms with Crippen molar-refractivity contribution in [2.24, 2.45) is 0 Å². The number of aliphatic hydroxyl groups excluding tert-OH is 5. The first-order valence-electron chi connectivity index (χ1n) is 16.3. The van der Waals surface area contributed by atoms with E-state index in [9.17, 15) is 40.2 Å². The molecule has 0 spiro atoms. The summed E-state index contributed by atoms with van der Waals surface area (Å²) in [5.41, 5.74) is 0. The van der Waals surface area contributed by atoms with Gasteiger partial charge in [0.25, 0.3) is 0 Å². The van der Waals surface area contributed by atoms with Gasteiger partial charge in [-0.05, 0) is 33.1 Å². The number of aliphatic carboxylic acids is 1. The first kappa shape index (κ1) is 38.8. The predicted molar refractivity (Wildman–Crippen MR) is 157 cm³/mol. The normalized spacial score (nSPS) is 33.9. The maximum absolute atomic E-state index is 13.1. The lowest BCUT2D eigenvalue weighted by Crippen LogP contribution is -2.63. The Balaban J connectivity index is 2.16. The van der Waals surface area contributed by atoms with Crippen LogP contribution in [-0.4, -0.2) is 116 Å². The summed E-state index contributed by atoms with van der Waals surface area (Å²) < 4.78 is 29.0. The minimum absolute atomic E-state index is 0.206. The lowest BCUT2D eigenvalue weighted by Gasteiger charge is -2.46. The van der Waals surface area contributed by atoms with Crippen LogP contribution in [0.3, 0.4) is 0 Å². The molecule has 2 unspecified atom stereocenters. The average Bonchev–Trinajstić information content (AvgIpc) is 2.96. The Morgan fingerprint density at radius 1 is 0.659 bits per heavy atom. The van der Waals surface area contributed by atoms with Crippen molar-refractivity contribution in [2.75, 3.05) is 0 Å². The van der Waals surface area contributed by atoms with Crippen molar-refractivity contribution >= 4 is 11.9 Å². The standard InChI is InChI=1S/C31H56O13/c1-5-7-9-11-13-14-20(16-22(32)33)42-23(34)17-21(15-12-10-8-6-2)43-31-29(27(38)25(36)19(4)41-31)44-30-28(39)26(37)24(35)18(3)40-30/h18-21,24-31,35-39H,5-17H2,1-4H3,(H,32,33)/t18-,19-,20?,21?,24-,25-,26+,27+,28+,29+,30-,31-/m0/s1. The van der Waals surface area contributed by atoms with E-state index in [2.05, 4.69) is 13.8 Å². The van der Waals surface area contributed by atoms with Crippen molar-refractivity contribution in [3.05, 3.63) is 0 Å². The Labute approximate surface area is 260 Å². The molecular formula is C31H56O13. The fraction of sp³-hybridized carbons (Fsp3) is 0.935. The second-order valence-corrected chi connectivity index (χ2v) is 12.2. The van der Waals surface area contributed by atoms with Gasteiger partial charge in [-0.2, -0.15) is 0 Å². The summed E-state index contributed by atoms with van der Waals surface area (Å²) in [7, 11) is 0. The van der Waals surface area contributed by atoms with Gasteiger partial charge in [-0.1, -0.05) is 65.2 Å². The Kier molecular flexibility index (Phi) is 17.6. The Morgan fingerprint density at radius 3 is 1.77 bits per heavy atom. The van der Waals surface area contributed by atoms with E-state index in [0.29, 0.717) is 19.3 Å². The lowest BCUT2D eigenvalue weighted by atomic mass is 9.97. The highest BCUT2D eigenvalue weighted by Crippen LogP contribution is 2.31. The van der Waals surface area contributed by atoms with Crippen LogP contribution in [0, 0.1) is 0 Å². The van der Waals surface area contributed by atoms with Gasteiger partial charge in [0.05, 0.1) is 31.2 Å². The molecule has 2 heterocycles. The molecule has 13 heteroatoms.